The van der Waals surface area contributed by atoms with Gasteiger partial charge < -0.3 is 10.0 Å². The minimum absolute atomic E-state index is 0.198. The molecule has 0 atom stereocenters. The Labute approximate surface area is 114 Å². The van der Waals surface area contributed by atoms with Crippen LogP contribution in [0.2, 0.25) is 0 Å². The Morgan fingerprint density at radius 1 is 1.44 bits per heavy atom. The number of aromatic nitrogens is 1. The van der Waals surface area contributed by atoms with Crippen LogP contribution >= 0.6 is 15.9 Å². The van der Waals surface area contributed by atoms with E-state index >= 15 is 0 Å². The molecular formula is C12H15BrN2O3. The van der Waals surface area contributed by atoms with E-state index in [1.54, 1.807) is 12.1 Å². The fraction of sp³-hybridized carbons (Fsp3) is 0.417. The molecule has 6 heteroatoms. The van der Waals surface area contributed by atoms with E-state index in [4.69, 9.17) is 5.11 Å². The molecule has 0 saturated heterocycles. The highest BCUT2D eigenvalue weighted by Gasteiger charge is 2.20. The quantitative estimate of drug-likeness (QED) is 0.902. The van der Waals surface area contributed by atoms with Gasteiger partial charge in [0.2, 0.25) is 0 Å². The van der Waals surface area contributed by atoms with Gasteiger partial charge in [-0.1, -0.05) is 13.8 Å². The van der Waals surface area contributed by atoms with Gasteiger partial charge in [-0.3, -0.25) is 9.59 Å². The average molecular weight is 315 g/mol. The molecule has 0 unspecified atom stereocenters. The largest absolute Gasteiger partial charge is 0.480 e. The number of hydrogen-bond acceptors (Lipinski definition) is 3. The number of hydrogen-bond donors (Lipinski definition) is 1. The number of carboxylic acids is 1. The van der Waals surface area contributed by atoms with Crippen molar-refractivity contribution in [2.45, 2.75) is 13.8 Å². The molecule has 18 heavy (non-hydrogen) atoms. The molecular weight excluding hydrogens is 300 g/mol. The summed E-state index contributed by atoms with van der Waals surface area (Å²) in [5.41, 5.74) is 0.250. The number of carbonyl (C=O) groups excluding carboxylic acids is 1. The molecule has 1 aromatic rings. The monoisotopic (exact) mass is 314 g/mol. The summed E-state index contributed by atoms with van der Waals surface area (Å²) in [5, 5.41) is 8.81. The van der Waals surface area contributed by atoms with Crippen LogP contribution in [-0.2, 0) is 4.79 Å². The van der Waals surface area contributed by atoms with Crippen LogP contribution in [0, 0.1) is 5.92 Å². The zero-order chi connectivity index (χ0) is 13.7. The van der Waals surface area contributed by atoms with Crippen LogP contribution in [0.25, 0.3) is 0 Å². The molecule has 0 bridgehead atoms. The number of rotatable bonds is 5. The molecule has 1 heterocycles. The third-order valence-corrected chi connectivity index (χ3v) is 2.61. The molecule has 1 N–H and O–H groups in total. The van der Waals surface area contributed by atoms with E-state index in [0.29, 0.717) is 6.54 Å². The van der Waals surface area contributed by atoms with Crippen molar-refractivity contribution >= 4 is 27.8 Å². The lowest BCUT2D eigenvalue weighted by Crippen LogP contribution is -2.38. The van der Waals surface area contributed by atoms with Gasteiger partial charge in [0, 0.05) is 17.2 Å². The maximum atomic E-state index is 12.1. The van der Waals surface area contributed by atoms with Gasteiger partial charge in [-0.25, -0.2) is 4.98 Å². The topological polar surface area (TPSA) is 70.5 Å². The van der Waals surface area contributed by atoms with Crippen LogP contribution in [0.3, 0.4) is 0 Å². The number of amides is 1. The highest BCUT2D eigenvalue weighted by Crippen LogP contribution is 2.10. The smallest absolute Gasteiger partial charge is 0.323 e. The predicted molar refractivity (Wildman–Crippen MR) is 70.3 cm³/mol. The van der Waals surface area contributed by atoms with Crippen molar-refractivity contribution in [1.29, 1.82) is 0 Å². The summed E-state index contributed by atoms with van der Waals surface area (Å²) in [6, 6.07) is 3.27. The second kappa shape index (κ2) is 6.49. The van der Waals surface area contributed by atoms with Gasteiger partial charge in [0.15, 0.2) is 0 Å². The molecule has 0 aliphatic rings. The highest BCUT2D eigenvalue weighted by atomic mass is 79.9. The minimum Gasteiger partial charge on any atom is -0.480 e. The van der Waals surface area contributed by atoms with Crippen LogP contribution in [0.4, 0.5) is 0 Å². The van der Waals surface area contributed by atoms with Crippen molar-refractivity contribution in [2.75, 3.05) is 13.1 Å². The van der Waals surface area contributed by atoms with Crippen molar-refractivity contribution in [3.63, 3.8) is 0 Å². The van der Waals surface area contributed by atoms with E-state index < -0.39 is 5.97 Å². The summed E-state index contributed by atoms with van der Waals surface area (Å²) in [7, 11) is 0. The van der Waals surface area contributed by atoms with Crippen molar-refractivity contribution in [3.8, 4) is 0 Å². The molecule has 0 aliphatic heterocycles. The van der Waals surface area contributed by atoms with Gasteiger partial charge in [-0.05, 0) is 34.0 Å². The number of halogens is 1. The Hall–Kier alpha value is -1.43. The normalized spacial score (nSPS) is 10.4. The Morgan fingerprint density at radius 2 is 2.11 bits per heavy atom. The number of carboxylic acid groups (broad SMARTS) is 1. The molecule has 1 rings (SSSR count). The van der Waals surface area contributed by atoms with Crippen molar-refractivity contribution < 1.29 is 14.7 Å². The SMILES string of the molecule is CC(C)CN(CC(=O)O)C(=O)c1ccc(Br)cn1. The van der Waals surface area contributed by atoms with Crippen LogP contribution in [0.15, 0.2) is 22.8 Å². The van der Waals surface area contributed by atoms with Gasteiger partial charge >= 0.3 is 5.97 Å². The van der Waals surface area contributed by atoms with E-state index in [0.717, 1.165) is 4.47 Å². The van der Waals surface area contributed by atoms with E-state index in [1.165, 1.54) is 11.1 Å². The van der Waals surface area contributed by atoms with Crippen molar-refractivity contribution in [2.24, 2.45) is 5.92 Å². The molecule has 0 saturated carbocycles. The second-order valence-corrected chi connectivity index (χ2v) is 5.25. The van der Waals surface area contributed by atoms with Gasteiger partial charge in [-0.15, -0.1) is 0 Å². The molecule has 98 valence electrons. The number of nitrogens with zero attached hydrogens (tertiary/aromatic N) is 2. The van der Waals surface area contributed by atoms with E-state index in [1.807, 2.05) is 13.8 Å². The summed E-state index contributed by atoms with van der Waals surface area (Å²) in [5.74, 6) is -1.19. The van der Waals surface area contributed by atoms with Crippen LogP contribution in [0.5, 0.6) is 0 Å². The fourth-order valence-corrected chi connectivity index (χ4v) is 1.72. The maximum absolute atomic E-state index is 12.1. The second-order valence-electron chi connectivity index (χ2n) is 4.33. The van der Waals surface area contributed by atoms with Crippen LogP contribution in [0.1, 0.15) is 24.3 Å². The Balaban J connectivity index is 2.87. The Kier molecular flexibility index (Phi) is 5.27. The Morgan fingerprint density at radius 3 is 2.56 bits per heavy atom. The third kappa shape index (κ3) is 4.44. The van der Waals surface area contributed by atoms with Gasteiger partial charge in [0.1, 0.15) is 12.2 Å². The van der Waals surface area contributed by atoms with Crippen LogP contribution < -0.4 is 0 Å². The van der Waals surface area contributed by atoms with E-state index in [2.05, 4.69) is 20.9 Å². The summed E-state index contributed by atoms with van der Waals surface area (Å²) >= 11 is 3.23. The first-order valence-corrected chi connectivity index (χ1v) is 6.32. The summed E-state index contributed by atoms with van der Waals surface area (Å²) in [6.45, 7) is 3.94. The summed E-state index contributed by atoms with van der Waals surface area (Å²) in [6.07, 6.45) is 1.52. The molecule has 1 aromatic heterocycles. The minimum atomic E-state index is -1.03. The summed E-state index contributed by atoms with van der Waals surface area (Å²) < 4.78 is 0.771. The van der Waals surface area contributed by atoms with Crippen molar-refractivity contribution in [3.05, 3.63) is 28.5 Å². The lowest BCUT2D eigenvalue weighted by molar-refractivity contribution is -0.137. The fourth-order valence-electron chi connectivity index (χ4n) is 1.49. The third-order valence-electron chi connectivity index (χ3n) is 2.15. The summed E-state index contributed by atoms with van der Waals surface area (Å²) in [4.78, 5) is 28.1. The first-order valence-electron chi connectivity index (χ1n) is 5.52. The molecule has 0 fully saturated rings. The number of pyridine rings is 1. The van der Waals surface area contributed by atoms with E-state index in [9.17, 15) is 9.59 Å². The van der Waals surface area contributed by atoms with E-state index in [-0.39, 0.29) is 24.1 Å². The lowest BCUT2D eigenvalue weighted by Gasteiger charge is -2.22. The van der Waals surface area contributed by atoms with Crippen molar-refractivity contribution in [1.82, 2.24) is 9.88 Å². The molecule has 1 amide bonds. The number of carbonyl (C=O) groups is 2. The zero-order valence-electron chi connectivity index (χ0n) is 10.3. The van der Waals surface area contributed by atoms with Gasteiger partial charge in [0.25, 0.3) is 5.91 Å². The maximum Gasteiger partial charge on any atom is 0.323 e. The average Bonchev–Trinajstić information content (AvgIpc) is 2.27. The molecule has 0 aromatic carbocycles. The molecule has 0 radical (unpaired) electrons. The predicted octanol–water partition coefficient (Wildman–Crippen LogP) is 2.03. The Bertz CT molecular complexity index is 431. The first-order chi connectivity index (χ1) is 8.40. The number of aliphatic carboxylic acids is 1. The standard InChI is InChI=1S/C12H15BrN2O3/c1-8(2)6-15(7-11(16)17)12(18)10-4-3-9(13)5-14-10/h3-5,8H,6-7H2,1-2H3,(H,16,17). The zero-order valence-corrected chi connectivity index (χ0v) is 11.8. The van der Waals surface area contributed by atoms with Gasteiger partial charge in [-0.2, -0.15) is 0 Å². The highest BCUT2D eigenvalue weighted by molar-refractivity contribution is 9.10. The molecule has 0 aliphatic carbocycles. The van der Waals surface area contributed by atoms with Crippen LogP contribution in [-0.4, -0.2) is 40.0 Å². The lowest BCUT2D eigenvalue weighted by atomic mass is 10.2. The molecule has 0 spiro atoms. The van der Waals surface area contributed by atoms with Gasteiger partial charge in [0.05, 0.1) is 0 Å². The first kappa shape index (κ1) is 14.6. The molecule has 5 nitrogen and oxygen atoms in total.